The van der Waals surface area contributed by atoms with Gasteiger partial charge in [0, 0.05) is 6.07 Å². The molecule has 0 aliphatic heterocycles. The molecule has 0 fully saturated rings. The zero-order valence-electron chi connectivity index (χ0n) is 11.9. The van der Waals surface area contributed by atoms with Crippen LogP contribution in [0.15, 0.2) is 49.0 Å². The third-order valence-electron chi connectivity index (χ3n) is 2.81. The minimum atomic E-state index is -0.817. The van der Waals surface area contributed by atoms with E-state index in [1.807, 2.05) is 6.08 Å². The molecule has 0 aliphatic rings. The average Bonchev–Trinajstić information content (AvgIpc) is 2.49. The van der Waals surface area contributed by atoms with Crippen LogP contribution in [0.4, 0.5) is 8.78 Å². The zero-order chi connectivity index (χ0) is 15.7. The van der Waals surface area contributed by atoms with Crippen molar-refractivity contribution in [2.45, 2.75) is 19.8 Å². The maximum atomic E-state index is 12.4. The van der Waals surface area contributed by atoms with E-state index in [2.05, 4.69) is 37.8 Å². The second-order valence-electron chi connectivity index (χ2n) is 4.43. The normalized spacial score (nSPS) is 9.24. The lowest BCUT2D eigenvalue weighted by Crippen LogP contribution is -1.83. The van der Waals surface area contributed by atoms with Gasteiger partial charge in [0.05, 0.1) is 5.56 Å². The van der Waals surface area contributed by atoms with Gasteiger partial charge < -0.3 is 0 Å². The Labute approximate surface area is 124 Å². The summed E-state index contributed by atoms with van der Waals surface area (Å²) in [7, 11) is 0. The highest BCUT2D eigenvalue weighted by molar-refractivity contribution is 5.47. The van der Waals surface area contributed by atoms with Crippen LogP contribution in [-0.4, -0.2) is 0 Å². The molecule has 21 heavy (non-hydrogen) atoms. The Morgan fingerprint density at radius 2 is 1.81 bits per heavy atom. The molecule has 3 heteroatoms. The fraction of sp³-hybridized carbons (Fsp3) is 0.167. The molecule has 0 spiro atoms. The Bertz CT molecular complexity index is 625. The second kappa shape index (κ2) is 8.65. The summed E-state index contributed by atoms with van der Waals surface area (Å²) in [4.78, 5) is 0. The van der Waals surface area contributed by atoms with Crippen molar-refractivity contribution >= 4 is 6.08 Å². The van der Waals surface area contributed by atoms with Crippen molar-refractivity contribution in [3.05, 3.63) is 77.4 Å². The molecule has 0 aliphatic carbocycles. The van der Waals surface area contributed by atoms with Crippen LogP contribution in [0, 0.1) is 23.0 Å². The van der Waals surface area contributed by atoms with Gasteiger partial charge in [-0.3, -0.25) is 0 Å². The van der Waals surface area contributed by atoms with Gasteiger partial charge in [0.25, 0.3) is 0 Å². The number of nitriles is 1. The van der Waals surface area contributed by atoms with Crippen molar-refractivity contribution in [2.24, 2.45) is 0 Å². The van der Waals surface area contributed by atoms with Crippen LogP contribution in [0.2, 0.25) is 0 Å². The number of aryl methyl sites for hydroxylation is 1. The molecule has 0 saturated heterocycles. The molecule has 0 saturated carbocycles. The molecule has 0 amide bonds. The van der Waals surface area contributed by atoms with E-state index in [0.29, 0.717) is 6.07 Å². The summed E-state index contributed by atoms with van der Waals surface area (Å²) in [5.41, 5.74) is 2.48. The molecule has 0 N–H and O–H groups in total. The summed E-state index contributed by atoms with van der Waals surface area (Å²) in [5.74, 6) is -1.49. The number of benzene rings is 2. The largest absolute Gasteiger partial charge is 0.207 e. The predicted molar refractivity (Wildman–Crippen MR) is 81.6 cm³/mol. The smallest absolute Gasteiger partial charge is 0.143 e. The SMILES string of the molecule is C=Cc1ccc(CCC)cc1.N#Cc1ccc(F)cc1F. The van der Waals surface area contributed by atoms with Gasteiger partial charge in [-0.25, -0.2) is 8.78 Å². The van der Waals surface area contributed by atoms with E-state index in [9.17, 15) is 8.78 Å². The Balaban J connectivity index is 0.000000211. The van der Waals surface area contributed by atoms with E-state index >= 15 is 0 Å². The molecule has 0 aromatic heterocycles. The van der Waals surface area contributed by atoms with E-state index < -0.39 is 11.6 Å². The lowest BCUT2D eigenvalue weighted by molar-refractivity contribution is 0.581. The highest BCUT2D eigenvalue weighted by atomic mass is 19.1. The van der Waals surface area contributed by atoms with Crippen molar-refractivity contribution in [1.82, 2.24) is 0 Å². The first-order valence-corrected chi connectivity index (χ1v) is 6.67. The van der Waals surface area contributed by atoms with Crippen molar-refractivity contribution in [3.8, 4) is 6.07 Å². The van der Waals surface area contributed by atoms with E-state index in [1.165, 1.54) is 24.0 Å². The number of rotatable bonds is 3. The molecule has 2 rings (SSSR count). The van der Waals surface area contributed by atoms with Crippen LogP contribution >= 0.6 is 0 Å². The Morgan fingerprint density at radius 3 is 2.29 bits per heavy atom. The molecule has 1 nitrogen and oxygen atoms in total. The fourth-order valence-electron chi connectivity index (χ4n) is 1.69. The van der Waals surface area contributed by atoms with E-state index in [-0.39, 0.29) is 5.56 Å². The van der Waals surface area contributed by atoms with Crippen LogP contribution in [0.5, 0.6) is 0 Å². The maximum Gasteiger partial charge on any atom is 0.143 e. The lowest BCUT2D eigenvalue weighted by Gasteiger charge is -1.97. The Morgan fingerprint density at radius 1 is 1.14 bits per heavy atom. The van der Waals surface area contributed by atoms with Crippen LogP contribution in [0.1, 0.15) is 30.0 Å². The fourth-order valence-corrected chi connectivity index (χ4v) is 1.69. The molecular weight excluding hydrogens is 268 g/mol. The van der Waals surface area contributed by atoms with Crippen molar-refractivity contribution < 1.29 is 8.78 Å². The maximum absolute atomic E-state index is 12.4. The van der Waals surface area contributed by atoms with Gasteiger partial charge in [-0.15, -0.1) is 0 Å². The first kappa shape index (κ1) is 16.6. The molecule has 0 unspecified atom stereocenters. The molecule has 2 aromatic carbocycles. The standard InChI is InChI=1S/C11H14.C7H3F2N/c1-3-5-11-8-6-10(4-2)7-9-11;8-6-2-1-5(4-10)7(9)3-6/h4,6-9H,2-3,5H2,1H3;1-3H. The molecule has 2 aromatic rings. The summed E-state index contributed by atoms with van der Waals surface area (Å²) >= 11 is 0. The Kier molecular flexibility index (Phi) is 6.83. The molecule has 0 radical (unpaired) electrons. The Hall–Kier alpha value is -2.47. The topological polar surface area (TPSA) is 23.8 Å². The van der Waals surface area contributed by atoms with Crippen LogP contribution in [-0.2, 0) is 6.42 Å². The zero-order valence-corrected chi connectivity index (χ0v) is 11.9. The molecule has 0 bridgehead atoms. The summed E-state index contributed by atoms with van der Waals surface area (Å²) in [6, 6.07) is 13.0. The van der Waals surface area contributed by atoms with Gasteiger partial charge in [0.1, 0.15) is 17.7 Å². The van der Waals surface area contributed by atoms with Gasteiger partial charge in [-0.1, -0.05) is 50.3 Å². The van der Waals surface area contributed by atoms with E-state index in [1.54, 1.807) is 6.07 Å². The summed E-state index contributed by atoms with van der Waals surface area (Å²) in [5, 5.41) is 8.20. The minimum Gasteiger partial charge on any atom is -0.207 e. The quantitative estimate of drug-likeness (QED) is 0.768. The first-order valence-electron chi connectivity index (χ1n) is 6.67. The van der Waals surface area contributed by atoms with Crippen LogP contribution in [0.25, 0.3) is 6.08 Å². The predicted octanol–water partition coefficient (Wildman–Crippen LogP) is 5.12. The first-order chi connectivity index (χ1) is 10.1. The summed E-state index contributed by atoms with van der Waals surface area (Å²) in [6.45, 7) is 5.90. The van der Waals surface area contributed by atoms with E-state index in [0.717, 1.165) is 12.1 Å². The monoisotopic (exact) mass is 285 g/mol. The highest BCUT2D eigenvalue weighted by Gasteiger charge is 2.00. The van der Waals surface area contributed by atoms with E-state index in [4.69, 9.17) is 5.26 Å². The summed E-state index contributed by atoms with van der Waals surface area (Å²) in [6.07, 6.45) is 4.26. The van der Waals surface area contributed by atoms with Crippen molar-refractivity contribution in [1.29, 1.82) is 5.26 Å². The molecular formula is C18H17F2N. The van der Waals surface area contributed by atoms with Crippen molar-refractivity contribution in [3.63, 3.8) is 0 Å². The number of halogens is 2. The van der Waals surface area contributed by atoms with Gasteiger partial charge >= 0.3 is 0 Å². The number of nitrogens with zero attached hydrogens (tertiary/aromatic N) is 1. The van der Waals surface area contributed by atoms with Gasteiger partial charge in [0.15, 0.2) is 0 Å². The molecule has 0 atom stereocenters. The third kappa shape index (κ3) is 5.58. The minimum absolute atomic E-state index is 0.138. The van der Waals surface area contributed by atoms with Crippen LogP contribution < -0.4 is 0 Å². The van der Waals surface area contributed by atoms with Gasteiger partial charge in [-0.2, -0.15) is 5.26 Å². The van der Waals surface area contributed by atoms with Gasteiger partial charge in [0.2, 0.25) is 0 Å². The average molecular weight is 285 g/mol. The van der Waals surface area contributed by atoms with Crippen LogP contribution in [0.3, 0.4) is 0 Å². The second-order valence-corrected chi connectivity index (χ2v) is 4.43. The number of hydrogen-bond donors (Lipinski definition) is 0. The molecule has 108 valence electrons. The molecule has 0 heterocycles. The lowest BCUT2D eigenvalue weighted by atomic mass is 10.1. The highest BCUT2D eigenvalue weighted by Crippen LogP contribution is 2.07. The number of hydrogen-bond acceptors (Lipinski definition) is 1. The summed E-state index contributed by atoms with van der Waals surface area (Å²) < 4.78 is 24.5. The third-order valence-corrected chi connectivity index (χ3v) is 2.81. The van der Waals surface area contributed by atoms with Crippen molar-refractivity contribution in [2.75, 3.05) is 0 Å². The van der Waals surface area contributed by atoms with Gasteiger partial charge in [-0.05, 0) is 29.7 Å².